The van der Waals surface area contributed by atoms with Gasteiger partial charge in [0.25, 0.3) is 0 Å². The van der Waals surface area contributed by atoms with Crippen molar-refractivity contribution in [3.05, 3.63) is 36.8 Å². The molecule has 0 aliphatic heterocycles. The molecule has 0 aromatic carbocycles. The smallest absolute Gasteiger partial charge is 0.0304 e. The Hall–Kier alpha value is -0.470. The monoisotopic (exact) mass is 253 g/mol. The van der Waals surface area contributed by atoms with E-state index in [1.54, 1.807) is 11.8 Å². The topological polar surface area (TPSA) is 12.0 Å². The maximum atomic E-state index is 3.93. The van der Waals surface area contributed by atoms with Crippen LogP contribution in [0.25, 0.3) is 0 Å². The Morgan fingerprint density at radius 1 is 1.24 bits per heavy atom. The minimum atomic E-state index is 0.0218. The van der Waals surface area contributed by atoms with Gasteiger partial charge in [0.2, 0.25) is 0 Å². The number of hydrogen-bond donors (Lipinski definition) is 1. The van der Waals surface area contributed by atoms with Crippen LogP contribution >= 0.6 is 11.8 Å². The predicted molar refractivity (Wildman–Crippen MR) is 82.5 cm³/mol. The largest absolute Gasteiger partial charge is 0.308 e. The Bertz CT molecular complexity index is 277. The summed E-state index contributed by atoms with van der Waals surface area (Å²) in [5.41, 5.74) is 0.328. The lowest BCUT2D eigenvalue weighted by molar-refractivity contribution is 0.351. The van der Waals surface area contributed by atoms with Crippen LogP contribution in [-0.4, -0.2) is 17.8 Å². The Morgan fingerprint density at radius 2 is 1.82 bits per heavy atom. The molecule has 0 saturated heterocycles. The molecule has 0 aliphatic carbocycles. The lowest BCUT2D eigenvalue weighted by atomic mass is 9.91. The van der Waals surface area contributed by atoms with Crippen LogP contribution in [0, 0.1) is 5.41 Å². The summed E-state index contributed by atoms with van der Waals surface area (Å²) < 4.78 is 0. The van der Waals surface area contributed by atoms with E-state index >= 15 is 0 Å². The SMILES string of the molecule is C=CC(=C)SCC(C)(C)CCNC(C)(C)C=C. The molecule has 0 atom stereocenters. The molecule has 0 unspecified atom stereocenters. The number of allylic oxidation sites excluding steroid dienone is 1. The first-order chi connectivity index (χ1) is 7.72. The van der Waals surface area contributed by atoms with Crippen molar-refractivity contribution in [3.63, 3.8) is 0 Å². The zero-order chi connectivity index (χ0) is 13.5. The van der Waals surface area contributed by atoms with Gasteiger partial charge in [0.05, 0.1) is 0 Å². The molecule has 0 fully saturated rings. The van der Waals surface area contributed by atoms with E-state index in [-0.39, 0.29) is 5.54 Å². The summed E-state index contributed by atoms with van der Waals surface area (Å²) >= 11 is 1.79. The summed E-state index contributed by atoms with van der Waals surface area (Å²) in [7, 11) is 0. The Labute approximate surface area is 111 Å². The first-order valence-electron chi connectivity index (χ1n) is 6.05. The van der Waals surface area contributed by atoms with Crippen molar-refractivity contribution in [2.75, 3.05) is 12.3 Å². The third-order valence-electron chi connectivity index (χ3n) is 2.77. The molecule has 0 bridgehead atoms. The first-order valence-corrected chi connectivity index (χ1v) is 7.04. The highest BCUT2D eigenvalue weighted by Gasteiger charge is 2.19. The highest BCUT2D eigenvalue weighted by Crippen LogP contribution is 2.29. The third kappa shape index (κ3) is 8.28. The van der Waals surface area contributed by atoms with Crippen molar-refractivity contribution in [2.45, 2.75) is 39.7 Å². The van der Waals surface area contributed by atoms with Crippen LogP contribution in [-0.2, 0) is 0 Å². The highest BCUT2D eigenvalue weighted by molar-refractivity contribution is 8.03. The van der Waals surface area contributed by atoms with Gasteiger partial charge in [-0.3, -0.25) is 0 Å². The van der Waals surface area contributed by atoms with Crippen molar-refractivity contribution in [3.8, 4) is 0 Å². The lowest BCUT2D eigenvalue weighted by Gasteiger charge is -2.28. The molecule has 0 amide bonds. The standard InChI is InChI=1S/C15H27NS/c1-8-13(3)17-12-14(4,5)10-11-16-15(6,7)9-2/h8-9,16H,1-3,10-12H2,4-7H3. The van der Waals surface area contributed by atoms with Gasteiger partial charge in [0.1, 0.15) is 0 Å². The predicted octanol–water partition coefficient (Wildman–Crippen LogP) is 4.39. The fraction of sp³-hybridized carbons (Fsp3) is 0.600. The number of hydrogen-bond acceptors (Lipinski definition) is 2. The van der Waals surface area contributed by atoms with E-state index in [0.717, 1.165) is 23.6 Å². The van der Waals surface area contributed by atoms with E-state index in [0.29, 0.717) is 5.41 Å². The van der Waals surface area contributed by atoms with Crippen LogP contribution in [0.2, 0.25) is 0 Å². The van der Waals surface area contributed by atoms with E-state index in [1.165, 1.54) is 0 Å². The number of nitrogens with one attached hydrogen (secondary N) is 1. The highest BCUT2D eigenvalue weighted by atomic mass is 32.2. The fourth-order valence-electron chi connectivity index (χ4n) is 1.21. The molecule has 98 valence electrons. The molecule has 0 rings (SSSR count). The summed E-state index contributed by atoms with van der Waals surface area (Å²) in [6.45, 7) is 21.3. The summed E-state index contributed by atoms with van der Waals surface area (Å²) in [5, 5.41) is 3.50. The van der Waals surface area contributed by atoms with E-state index in [9.17, 15) is 0 Å². The zero-order valence-corrected chi connectivity index (χ0v) is 12.6. The third-order valence-corrected chi connectivity index (χ3v) is 4.23. The molecule has 0 aliphatic rings. The maximum Gasteiger partial charge on any atom is 0.0304 e. The molecular weight excluding hydrogens is 226 g/mol. The number of thioether (sulfide) groups is 1. The van der Waals surface area contributed by atoms with Gasteiger partial charge in [0.15, 0.2) is 0 Å². The Kier molecular flexibility index (Phi) is 6.88. The molecule has 0 aromatic rings. The summed E-state index contributed by atoms with van der Waals surface area (Å²) in [6, 6.07) is 0. The van der Waals surface area contributed by atoms with Crippen LogP contribution in [0.4, 0.5) is 0 Å². The van der Waals surface area contributed by atoms with Crippen LogP contribution in [0.15, 0.2) is 36.8 Å². The Morgan fingerprint density at radius 3 is 2.29 bits per heavy atom. The van der Waals surface area contributed by atoms with Crippen molar-refractivity contribution >= 4 is 11.8 Å². The fourth-order valence-corrected chi connectivity index (χ4v) is 2.05. The maximum absolute atomic E-state index is 3.93. The summed E-state index contributed by atoms with van der Waals surface area (Å²) in [5.74, 6) is 1.08. The zero-order valence-electron chi connectivity index (χ0n) is 11.8. The number of rotatable bonds is 9. The van der Waals surface area contributed by atoms with Crippen molar-refractivity contribution in [2.24, 2.45) is 5.41 Å². The molecule has 0 radical (unpaired) electrons. The average Bonchev–Trinajstić information content (AvgIpc) is 2.25. The quantitative estimate of drug-likeness (QED) is 0.483. The van der Waals surface area contributed by atoms with Crippen LogP contribution < -0.4 is 5.32 Å². The van der Waals surface area contributed by atoms with E-state index in [2.05, 4.69) is 52.7 Å². The van der Waals surface area contributed by atoms with Crippen LogP contribution in [0.5, 0.6) is 0 Å². The lowest BCUT2D eigenvalue weighted by Crippen LogP contribution is -2.39. The van der Waals surface area contributed by atoms with Gasteiger partial charge >= 0.3 is 0 Å². The molecule has 1 N–H and O–H groups in total. The van der Waals surface area contributed by atoms with Gasteiger partial charge in [-0.1, -0.05) is 39.2 Å². The molecule has 2 heteroatoms. The summed E-state index contributed by atoms with van der Waals surface area (Å²) in [4.78, 5) is 1.05. The molecule has 0 aromatic heterocycles. The van der Waals surface area contributed by atoms with Gasteiger partial charge in [-0.15, -0.1) is 18.3 Å². The second kappa shape index (κ2) is 7.07. The molecule has 0 saturated carbocycles. The van der Waals surface area contributed by atoms with Gasteiger partial charge in [-0.25, -0.2) is 0 Å². The van der Waals surface area contributed by atoms with E-state index < -0.39 is 0 Å². The average molecular weight is 253 g/mol. The van der Waals surface area contributed by atoms with Gasteiger partial charge in [-0.05, 0) is 37.1 Å². The molecule has 0 spiro atoms. The first kappa shape index (κ1) is 16.5. The van der Waals surface area contributed by atoms with Crippen LogP contribution in [0.1, 0.15) is 34.1 Å². The molecular formula is C15H27NS. The van der Waals surface area contributed by atoms with Crippen molar-refractivity contribution in [1.29, 1.82) is 0 Å². The van der Waals surface area contributed by atoms with Gasteiger partial charge < -0.3 is 5.32 Å². The molecule has 17 heavy (non-hydrogen) atoms. The summed E-state index contributed by atoms with van der Waals surface area (Å²) in [6.07, 6.45) is 4.91. The van der Waals surface area contributed by atoms with Crippen molar-refractivity contribution < 1.29 is 0 Å². The second-order valence-corrected chi connectivity index (χ2v) is 6.83. The van der Waals surface area contributed by atoms with Gasteiger partial charge in [0, 0.05) is 11.3 Å². The normalized spacial score (nSPS) is 12.2. The molecule has 1 nitrogen and oxygen atoms in total. The second-order valence-electron chi connectivity index (χ2n) is 5.73. The van der Waals surface area contributed by atoms with Gasteiger partial charge in [-0.2, -0.15) is 0 Å². The Balaban J connectivity index is 3.97. The van der Waals surface area contributed by atoms with E-state index in [4.69, 9.17) is 0 Å². The van der Waals surface area contributed by atoms with Crippen LogP contribution in [0.3, 0.4) is 0 Å². The van der Waals surface area contributed by atoms with Crippen molar-refractivity contribution in [1.82, 2.24) is 5.32 Å². The minimum Gasteiger partial charge on any atom is -0.308 e. The molecule has 0 heterocycles. The van der Waals surface area contributed by atoms with E-state index in [1.807, 2.05) is 12.2 Å². The minimum absolute atomic E-state index is 0.0218.